The smallest absolute Gasteiger partial charge is 0.481 e. The van der Waals surface area contributed by atoms with Crippen molar-refractivity contribution in [2.75, 3.05) is 26.7 Å². The molecule has 1 saturated heterocycles. The van der Waals surface area contributed by atoms with E-state index in [0.29, 0.717) is 12.8 Å². The third-order valence-electron chi connectivity index (χ3n) is 4.23. The summed E-state index contributed by atoms with van der Waals surface area (Å²) in [5.74, 6) is -2.88. The van der Waals surface area contributed by atoms with Gasteiger partial charge in [-0.15, -0.1) is 13.2 Å². The second kappa shape index (κ2) is 8.28. The summed E-state index contributed by atoms with van der Waals surface area (Å²) in [5, 5.41) is 8.96. The number of nitrogens with zero attached hydrogens (tertiary/aromatic N) is 2. The Kier molecular flexibility index (Phi) is 6.29. The summed E-state index contributed by atoms with van der Waals surface area (Å²) < 4.78 is 40.6. The Morgan fingerprint density at radius 3 is 2.44 bits per heavy atom. The van der Waals surface area contributed by atoms with Crippen molar-refractivity contribution in [3.8, 4) is 5.75 Å². The Bertz CT molecular complexity index is 715. The van der Waals surface area contributed by atoms with Crippen LogP contribution in [-0.4, -0.2) is 65.7 Å². The topological polar surface area (TPSA) is 87.2 Å². The highest BCUT2D eigenvalue weighted by molar-refractivity contribution is 5.96. The number of carboxylic acids is 1. The van der Waals surface area contributed by atoms with Crippen LogP contribution in [-0.2, 0) is 9.59 Å². The maximum absolute atomic E-state index is 12.4. The van der Waals surface area contributed by atoms with E-state index in [-0.39, 0.29) is 31.1 Å². The molecule has 1 aromatic carbocycles. The average molecular weight is 388 g/mol. The zero-order valence-corrected chi connectivity index (χ0v) is 14.5. The number of alkyl halides is 3. The molecule has 0 spiro atoms. The van der Waals surface area contributed by atoms with Gasteiger partial charge in [-0.1, -0.05) is 6.07 Å². The number of carbonyl (C=O) groups excluding carboxylic acids is 2. The highest BCUT2D eigenvalue weighted by Crippen LogP contribution is 2.24. The minimum atomic E-state index is -4.87. The van der Waals surface area contributed by atoms with Crippen LogP contribution >= 0.6 is 0 Å². The number of hydrogen-bond acceptors (Lipinski definition) is 4. The molecular formula is C17H19F3N2O5. The van der Waals surface area contributed by atoms with Crippen LogP contribution in [0.4, 0.5) is 13.2 Å². The van der Waals surface area contributed by atoms with Gasteiger partial charge in [0.25, 0.3) is 5.91 Å². The predicted molar refractivity (Wildman–Crippen MR) is 87.0 cm³/mol. The van der Waals surface area contributed by atoms with Crippen molar-refractivity contribution in [1.82, 2.24) is 9.80 Å². The normalized spacial score (nSPS) is 15.3. The van der Waals surface area contributed by atoms with Gasteiger partial charge in [-0.05, 0) is 31.0 Å². The highest BCUT2D eigenvalue weighted by Gasteiger charge is 2.31. The fourth-order valence-electron chi connectivity index (χ4n) is 2.80. The lowest BCUT2D eigenvalue weighted by Crippen LogP contribution is -2.45. The SMILES string of the molecule is CN(CC(=O)N1CCC(C(=O)O)CC1)C(=O)c1cccc(OC(F)(F)F)c1. The van der Waals surface area contributed by atoms with E-state index in [1.54, 1.807) is 0 Å². The average Bonchev–Trinajstić information content (AvgIpc) is 2.59. The molecule has 1 aromatic rings. The Balaban J connectivity index is 1.94. The molecule has 10 heteroatoms. The lowest BCUT2D eigenvalue weighted by atomic mass is 9.97. The molecule has 0 atom stereocenters. The van der Waals surface area contributed by atoms with Gasteiger partial charge in [0.05, 0.1) is 12.5 Å². The minimum absolute atomic E-state index is 0.0448. The molecule has 0 bridgehead atoms. The monoisotopic (exact) mass is 388 g/mol. The Labute approximate surface area is 153 Å². The van der Waals surface area contributed by atoms with Crippen LogP contribution in [0, 0.1) is 5.92 Å². The lowest BCUT2D eigenvalue weighted by Gasteiger charge is -2.31. The van der Waals surface area contributed by atoms with Crippen LogP contribution in [0.15, 0.2) is 24.3 Å². The molecule has 1 aliphatic heterocycles. The van der Waals surface area contributed by atoms with E-state index in [1.165, 1.54) is 24.1 Å². The van der Waals surface area contributed by atoms with E-state index in [1.807, 2.05) is 0 Å². The maximum Gasteiger partial charge on any atom is 0.573 e. The van der Waals surface area contributed by atoms with Gasteiger partial charge in [-0.25, -0.2) is 0 Å². The Morgan fingerprint density at radius 2 is 1.89 bits per heavy atom. The van der Waals surface area contributed by atoms with Gasteiger partial charge < -0.3 is 19.6 Å². The molecule has 2 amide bonds. The van der Waals surface area contributed by atoms with Crippen LogP contribution in [0.25, 0.3) is 0 Å². The number of aliphatic carboxylic acids is 1. The summed E-state index contributed by atoms with van der Waals surface area (Å²) >= 11 is 0. The van der Waals surface area contributed by atoms with E-state index in [0.717, 1.165) is 17.0 Å². The van der Waals surface area contributed by atoms with E-state index in [9.17, 15) is 27.6 Å². The molecule has 0 aliphatic carbocycles. The van der Waals surface area contributed by atoms with Crippen molar-refractivity contribution < 1.29 is 37.4 Å². The van der Waals surface area contributed by atoms with Gasteiger partial charge >= 0.3 is 12.3 Å². The summed E-state index contributed by atoms with van der Waals surface area (Å²) in [4.78, 5) is 38.2. The maximum atomic E-state index is 12.4. The van der Waals surface area contributed by atoms with Crippen LogP contribution in [0.1, 0.15) is 23.2 Å². The number of likely N-dealkylation sites (tertiary alicyclic amines) is 1. The minimum Gasteiger partial charge on any atom is -0.481 e. The second-order valence-electron chi connectivity index (χ2n) is 6.23. The fourth-order valence-corrected chi connectivity index (χ4v) is 2.80. The summed E-state index contributed by atoms with van der Waals surface area (Å²) in [6, 6.07) is 4.60. The van der Waals surface area contributed by atoms with Gasteiger partial charge in [0.15, 0.2) is 0 Å². The molecule has 7 nitrogen and oxygen atoms in total. The Morgan fingerprint density at radius 1 is 1.26 bits per heavy atom. The fraction of sp³-hybridized carbons (Fsp3) is 0.471. The summed E-state index contributed by atoms with van der Waals surface area (Å²) in [6.45, 7) is 0.306. The first-order chi connectivity index (χ1) is 12.6. The molecule has 1 fully saturated rings. The van der Waals surface area contributed by atoms with Gasteiger partial charge in [0.2, 0.25) is 5.91 Å². The van der Waals surface area contributed by atoms with Gasteiger partial charge in [0.1, 0.15) is 5.75 Å². The van der Waals surface area contributed by atoms with Crippen molar-refractivity contribution in [2.45, 2.75) is 19.2 Å². The first-order valence-corrected chi connectivity index (χ1v) is 8.18. The number of benzene rings is 1. The molecule has 2 rings (SSSR count). The van der Waals surface area contributed by atoms with Crippen LogP contribution in [0.3, 0.4) is 0 Å². The molecule has 0 aromatic heterocycles. The van der Waals surface area contributed by atoms with Crippen molar-refractivity contribution in [1.29, 1.82) is 0 Å². The van der Waals surface area contributed by atoms with E-state index in [4.69, 9.17) is 5.11 Å². The number of rotatable bonds is 5. The Hall–Kier alpha value is -2.78. The number of piperidine rings is 1. The number of carboxylic acid groups (broad SMARTS) is 1. The molecular weight excluding hydrogens is 369 g/mol. The number of ether oxygens (including phenoxy) is 1. The summed E-state index contributed by atoms with van der Waals surface area (Å²) in [6.07, 6.45) is -4.18. The van der Waals surface area contributed by atoms with Gasteiger partial charge in [-0.2, -0.15) is 0 Å². The van der Waals surface area contributed by atoms with Gasteiger partial charge in [0, 0.05) is 25.7 Å². The molecule has 148 valence electrons. The molecule has 1 N–H and O–H groups in total. The number of carbonyl (C=O) groups is 3. The first kappa shape index (κ1) is 20.5. The number of likely N-dealkylation sites (N-methyl/N-ethyl adjacent to an activating group) is 1. The molecule has 1 heterocycles. The highest BCUT2D eigenvalue weighted by atomic mass is 19.4. The number of halogens is 3. The van der Waals surface area contributed by atoms with E-state index >= 15 is 0 Å². The lowest BCUT2D eigenvalue weighted by molar-refractivity contribution is -0.274. The van der Waals surface area contributed by atoms with Crippen LogP contribution in [0.2, 0.25) is 0 Å². The zero-order valence-electron chi connectivity index (χ0n) is 14.5. The quantitative estimate of drug-likeness (QED) is 0.834. The van der Waals surface area contributed by atoms with Crippen molar-refractivity contribution in [3.63, 3.8) is 0 Å². The first-order valence-electron chi connectivity index (χ1n) is 8.18. The summed E-state index contributed by atoms with van der Waals surface area (Å²) in [7, 11) is 1.36. The second-order valence-corrected chi connectivity index (χ2v) is 6.23. The standard InChI is InChI=1S/C17H19F3N2O5/c1-21(10-14(23)22-7-5-11(6-8-22)16(25)26)15(24)12-3-2-4-13(9-12)27-17(18,19)20/h2-4,9,11H,5-8,10H2,1H3,(H,25,26). The largest absolute Gasteiger partial charge is 0.573 e. The van der Waals surface area contributed by atoms with E-state index in [2.05, 4.69) is 4.74 Å². The molecule has 0 radical (unpaired) electrons. The molecule has 1 aliphatic rings. The summed E-state index contributed by atoms with van der Waals surface area (Å²) in [5.41, 5.74) is -0.0448. The van der Waals surface area contributed by atoms with Crippen LogP contribution in [0.5, 0.6) is 5.75 Å². The van der Waals surface area contributed by atoms with Crippen molar-refractivity contribution in [2.24, 2.45) is 5.92 Å². The molecule has 0 saturated carbocycles. The third-order valence-corrected chi connectivity index (χ3v) is 4.23. The number of hydrogen-bond donors (Lipinski definition) is 1. The van der Waals surface area contributed by atoms with Crippen LogP contribution < -0.4 is 4.74 Å². The molecule has 27 heavy (non-hydrogen) atoms. The van der Waals surface area contributed by atoms with Crippen molar-refractivity contribution >= 4 is 17.8 Å². The van der Waals surface area contributed by atoms with Crippen molar-refractivity contribution in [3.05, 3.63) is 29.8 Å². The third kappa shape index (κ3) is 5.87. The predicted octanol–water partition coefficient (Wildman–Crippen LogP) is 1.98. The van der Waals surface area contributed by atoms with Gasteiger partial charge in [-0.3, -0.25) is 14.4 Å². The number of amides is 2. The molecule has 0 unspecified atom stereocenters. The van der Waals surface area contributed by atoms with E-state index < -0.39 is 29.9 Å². The zero-order chi connectivity index (χ0) is 20.2.